The smallest absolute Gasteiger partial charge is 0.305 e. The monoisotopic (exact) mass is 358 g/mol. The van der Waals surface area contributed by atoms with E-state index >= 15 is 0 Å². The molecule has 2 aliphatic rings. The molecule has 0 spiro atoms. The van der Waals surface area contributed by atoms with Gasteiger partial charge < -0.3 is 19.7 Å². The van der Waals surface area contributed by atoms with Crippen LogP contribution in [0, 0.1) is 0 Å². The van der Waals surface area contributed by atoms with Crippen molar-refractivity contribution in [2.24, 2.45) is 0 Å². The lowest BCUT2D eigenvalue weighted by molar-refractivity contribution is -0.140. The van der Waals surface area contributed by atoms with Crippen LogP contribution in [-0.2, 0) is 25.5 Å². The van der Waals surface area contributed by atoms with E-state index < -0.39 is 0 Å². The van der Waals surface area contributed by atoms with E-state index in [4.69, 9.17) is 4.74 Å². The van der Waals surface area contributed by atoms with Crippen LogP contribution in [0.2, 0.25) is 0 Å². The molecular formula is C20H26N2O4. The van der Waals surface area contributed by atoms with Gasteiger partial charge in [-0.15, -0.1) is 0 Å². The Morgan fingerprint density at radius 2 is 1.88 bits per heavy atom. The number of esters is 1. The fourth-order valence-corrected chi connectivity index (χ4v) is 3.62. The van der Waals surface area contributed by atoms with Crippen LogP contribution in [0.4, 0.5) is 0 Å². The number of methoxy groups -OCH3 is 2. The molecule has 1 fully saturated rings. The summed E-state index contributed by atoms with van der Waals surface area (Å²) in [5.74, 6) is 0.564. The highest BCUT2D eigenvalue weighted by atomic mass is 16.5. The molecule has 1 saturated heterocycles. The summed E-state index contributed by atoms with van der Waals surface area (Å²) in [6, 6.07) is 8.05. The molecule has 2 aliphatic heterocycles. The number of carbonyl (C=O) groups excluding carboxylic acids is 2. The molecule has 6 nitrogen and oxygen atoms in total. The highest BCUT2D eigenvalue weighted by Gasteiger charge is 2.36. The Morgan fingerprint density at radius 1 is 1.19 bits per heavy atom. The van der Waals surface area contributed by atoms with Crippen molar-refractivity contribution in [3.05, 3.63) is 41.2 Å². The third-order valence-corrected chi connectivity index (χ3v) is 5.15. The summed E-state index contributed by atoms with van der Waals surface area (Å²) in [7, 11) is 3.02. The van der Waals surface area contributed by atoms with Gasteiger partial charge in [0, 0.05) is 12.5 Å². The zero-order valence-electron chi connectivity index (χ0n) is 15.4. The number of piperidine rings is 1. The average Bonchev–Trinajstić information content (AvgIpc) is 3.03. The van der Waals surface area contributed by atoms with Crippen molar-refractivity contribution in [3.8, 4) is 0 Å². The maximum Gasteiger partial charge on any atom is 0.305 e. The molecule has 1 aromatic rings. The van der Waals surface area contributed by atoms with Crippen LogP contribution >= 0.6 is 0 Å². The van der Waals surface area contributed by atoms with Gasteiger partial charge in [0.2, 0.25) is 0 Å². The first-order chi connectivity index (χ1) is 12.6. The molecule has 140 valence electrons. The van der Waals surface area contributed by atoms with Crippen molar-refractivity contribution in [2.75, 3.05) is 33.9 Å². The van der Waals surface area contributed by atoms with E-state index in [0.29, 0.717) is 25.0 Å². The second kappa shape index (κ2) is 8.36. The Bertz CT molecular complexity index is 690. The van der Waals surface area contributed by atoms with Gasteiger partial charge in [-0.1, -0.05) is 24.3 Å². The highest BCUT2D eigenvalue weighted by molar-refractivity contribution is 6.22. The fourth-order valence-electron chi connectivity index (χ4n) is 3.62. The predicted molar refractivity (Wildman–Crippen MR) is 98.3 cm³/mol. The lowest BCUT2D eigenvalue weighted by Crippen LogP contribution is -2.44. The Labute approximate surface area is 154 Å². The maximum absolute atomic E-state index is 13.0. The summed E-state index contributed by atoms with van der Waals surface area (Å²) >= 11 is 0. The first-order valence-electron chi connectivity index (χ1n) is 9.09. The first kappa shape index (κ1) is 18.5. The summed E-state index contributed by atoms with van der Waals surface area (Å²) < 4.78 is 10.2. The number of rotatable bonds is 6. The summed E-state index contributed by atoms with van der Waals surface area (Å²) in [5.41, 5.74) is 2.56. The van der Waals surface area contributed by atoms with Gasteiger partial charge in [-0.25, -0.2) is 0 Å². The SMILES string of the molecule is COC(=O)CCc1ccc(C2=C(OC)CN(C3CCNCC3)C2=O)cc1. The van der Waals surface area contributed by atoms with Gasteiger partial charge in [-0.3, -0.25) is 9.59 Å². The van der Waals surface area contributed by atoms with Crippen molar-refractivity contribution >= 4 is 17.4 Å². The standard InChI is InChI=1S/C20H26N2O4/c1-25-17-13-22(16-9-11-21-12-10-16)20(24)19(17)15-6-3-14(4-7-15)5-8-18(23)26-2/h3-4,6-7,16,21H,5,8-13H2,1-2H3. The number of amides is 1. The molecule has 6 heteroatoms. The van der Waals surface area contributed by atoms with Crippen LogP contribution in [0.3, 0.4) is 0 Å². The minimum atomic E-state index is -0.220. The van der Waals surface area contributed by atoms with Crippen LogP contribution in [-0.4, -0.2) is 56.7 Å². The average molecular weight is 358 g/mol. The fraction of sp³-hybridized carbons (Fsp3) is 0.500. The number of nitrogens with one attached hydrogen (secondary N) is 1. The van der Waals surface area contributed by atoms with Gasteiger partial charge in [-0.05, 0) is 43.5 Å². The number of aryl methyl sites for hydroxylation is 1. The Morgan fingerprint density at radius 3 is 2.50 bits per heavy atom. The van der Waals surface area contributed by atoms with Gasteiger partial charge in [0.1, 0.15) is 5.76 Å². The van der Waals surface area contributed by atoms with Gasteiger partial charge in [-0.2, -0.15) is 0 Å². The van der Waals surface area contributed by atoms with Crippen LogP contribution < -0.4 is 5.32 Å². The van der Waals surface area contributed by atoms with E-state index in [2.05, 4.69) is 10.1 Å². The predicted octanol–water partition coefficient (Wildman–Crippen LogP) is 1.74. The van der Waals surface area contributed by atoms with Crippen molar-refractivity contribution in [1.82, 2.24) is 10.2 Å². The second-order valence-corrected chi connectivity index (χ2v) is 6.69. The van der Waals surface area contributed by atoms with Crippen molar-refractivity contribution in [1.29, 1.82) is 0 Å². The third kappa shape index (κ3) is 3.90. The van der Waals surface area contributed by atoms with E-state index in [1.807, 2.05) is 29.2 Å². The van der Waals surface area contributed by atoms with E-state index in [-0.39, 0.29) is 17.9 Å². The largest absolute Gasteiger partial charge is 0.498 e. The number of hydrogen-bond acceptors (Lipinski definition) is 5. The second-order valence-electron chi connectivity index (χ2n) is 6.69. The van der Waals surface area contributed by atoms with Gasteiger partial charge in [0.15, 0.2) is 0 Å². The summed E-state index contributed by atoms with van der Waals surface area (Å²) in [6.07, 6.45) is 2.92. The zero-order chi connectivity index (χ0) is 18.5. The molecule has 1 N–H and O–H groups in total. The lowest BCUT2D eigenvalue weighted by Gasteiger charge is -2.31. The molecule has 0 radical (unpaired) electrons. The van der Waals surface area contributed by atoms with E-state index in [1.54, 1.807) is 7.11 Å². The molecule has 0 atom stereocenters. The molecule has 3 rings (SSSR count). The van der Waals surface area contributed by atoms with E-state index in [9.17, 15) is 9.59 Å². The summed E-state index contributed by atoms with van der Waals surface area (Å²) in [5, 5.41) is 3.34. The van der Waals surface area contributed by atoms with Gasteiger partial charge >= 0.3 is 5.97 Å². The highest BCUT2D eigenvalue weighted by Crippen LogP contribution is 2.32. The van der Waals surface area contributed by atoms with Gasteiger partial charge in [0.25, 0.3) is 5.91 Å². The summed E-state index contributed by atoms with van der Waals surface area (Å²) in [6.45, 7) is 2.43. The van der Waals surface area contributed by atoms with Crippen LogP contribution in [0.1, 0.15) is 30.4 Å². The summed E-state index contributed by atoms with van der Waals surface area (Å²) in [4.78, 5) is 26.2. The Kier molecular flexibility index (Phi) is 5.93. The molecule has 1 aromatic carbocycles. The minimum absolute atomic E-state index is 0.0519. The van der Waals surface area contributed by atoms with E-state index in [1.165, 1.54) is 7.11 Å². The molecular weight excluding hydrogens is 332 g/mol. The molecule has 0 aliphatic carbocycles. The van der Waals surface area contributed by atoms with E-state index in [0.717, 1.165) is 42.8 Å². The Balaban J connectivity index is 1.73. The first-order valence-corrected chi connectivity index (χ1v) is 9.09. The topological polar surface area (TPSA) is 67.9 Å². The number of carbonyl (C=O) groups is 2. The van der Waals surface area contributed by atoms with Crippen LogP contribution in [0.5, 0.6) is 0 Å². The van der Waals surface area contributed by atoms with Crippen molar-refractivity contribution in [2.45, 2.75) is 31.7 Å². The maximum atomic E-state index is 13.0. The van der Waals surface area contributed by atoms with Crippen LogP contribution in [0.15, 0.2) is 30.0 Å². The van der Waals surface area contributed by atoms with Crippen molar-refractivity contribution in [3.63, 3.8) is 0 Å². The Hall–Kier alpha value is -2.34. The quantitative estimate of drug-likeness (QED) is 0.785. The van der Waals surface area contributed by atoms with Crippen LogP contribution in [0.25, 0.3) is 5.57 Å². The molecule has 0 unspecified atom stereocenters. The number of hydrogen-bond donors (Lipinski definition) is 1. The van der Waals surface area contributed by atoms with Crippen molar-refractivity contribution < 1.29 is 19.1 Å². The molecule has 1 amide bonds. The third-order valence-electron chi connectivity index (χ3n) is 5.15. The molecule has 0 bridgehead atoms. The molecule has 2 heterocycles. The molecule has 0 saturated carbocycles. The normalized spacial score (nSPS) is 18.4. The lowest BCUT2D eigenvalue weighted by atomic mass is 10.0. The number of ether oxygens (including phenoxy) is 2. The minimum Gasteiger partial charge on any atom is -0.498 e. The zero-order valence-corrected chi connectivity index (χ0v) is 15.4. The molecule has 26 heavy (non-hydrogen) atoms. The van der Waals surface area contributed by atoms with Gasteiger partial charge in [0.05, 0.1) is 26.3 Å². The number of nitrogens with zero attached hydrogens (tertiary/aromatic N) is 1. The number of benzene rings is 1. The molecule has 0 aromatic heterocycles.